The lowest BCUT2D eigenvalue weighted by molar-refractivity contribution is 0.0159. The molecule has 20 heavy (non-hydrogen) atoms. The second-order valence-corrected chi connectivity index (χ2v) is 4.79. The van der Waals surface area contributed by atoms with E-state index in [0.29, 0.717) is 17.7 Å². The molecule has 0 aliphatic carbocycles. The van der Waals surface area contributed by atoms with Crippen molar-refractivity contribution in [1.29, 1.82) is 5.26 Å². The molecule has 0 aromatic heterocycles. The van der Waals surface area contributed by atoms with E-state index < -0.39 is 0 Å². The van der Waals surface area contributed by atoms with Crippen LogP contribution in [0.5, 0.6) is 0 Å². The van der Waals surface area contributed by atoms with Crippen LogP contribution in [0.3, 0.4) is 0 Å². The largest absolute Gasteiger partial charge is 0.394 e. The SMILES string of the molecule is N#Cc1cc(C=O)ccc1N1CCC(OCCO)CC1. The molecule has 1 saturated heterocycles. The van der Waals surface area contributed by atoms with Crippen LogP contribution in [0.2, 0.25) is 0 Å². The van der Waals surface area contributed by atoms with Crippen LogP contribution in [-0.4, -0.2) is 43.8 Å². The first-order chi connectivity index (χ1) is 9.78. The van der Waals surface area contributed by atoms with Crippen molar-refractivity contribution in [3.05, 3.63) is 29.3 Å². The van der Waals surface area contributed by atoms with E-state index in [-0.39, 0.29) is 12.7 Å². The van der Waals surface area contributed by atoms with Gasteiger partial charge in [0.25, 0.3) is 0 Å². The van der Waals surface area contributed by atoms with Gasteiger partial charge in [0.1, 0.15) is 12.4 Å². The van der Waals surface area contributed by atoms with Gasteiger partial charge in [0.15, 0.2) is 0 Å². The summed E-state index contributed by atoms with van der Waals surface area (Å²) in [5, 5.41) is 17.9. The number of hydrogen-bond acceptors (Lipinski definition) is 5. The monoisotopic (exact) mass is 274 g/mol. The fourth-order valence-electron chi connectivity index (χ4n) is 2.48. The molecule has 0 radical (unpaired) electrons. The molecule has 0 unspecified atom stereocenters. The molecule has 5 heteroatoms. The molecule has 5 nitrogen and oxygen atoms in total. The van der Waals surface area contributed by atoms with Gasteiger partial charge in [-0.05, 0) is 31.0 Å². The lowest BCUT2D eigenvalue weighted by Crippen LogP contribution is -2.37. The molecule has 1 aromatic rings. The Morgan fingerprint density at radius 2 is 2.20 bits per heavy atom. The Morgan fingerprint density at radius 3 is 2.80 bits per heavy atom. The van der Waals surface area contributed by atoms with Crippen LogP contribution in [0.4, 0.5) is 5.69 Å². The molecular formula is C15H18N2O3. The summed E-state index contributed by atoms with van der Waals surface area (Å²) in [4.78, 5) is 12.9. The Morgan fingerprint density at radius 1 is 1.45 bits per heavy atom. The van der Waals surface area contributed by atoms with Crippen molar-refractivity contribution in [3.63, 3.8) is 0 Å². The Balaban J connectivity index is 2.03. The summed E-state index contributed by atoms with van der Waals surface area (Å²) in [6, 6.07) is 7.33. The highest BCUT2D eigenvalue weighted by molar-refractivity contribution is 5.78. The van der Waals surface area contributed by atoms with Crippen molar-refractivity contribution in [2.75, 3.05) is 31.2 Å². The quantitative estimate of drug-likeness (QED) is 0.820. The predicted octanol–water partition coefficient (Wildman–Crippen LogP) is 1.35. The smallest absolute Gasteiger partial charge is 0.150 e. The van der Waals surface area contributed by atoms with Gasteiger partial charge in [0, 0.05) is 18.7 Å². The lowest BCUT2D eigenvalue weighted by atomic mass is 10.0. The Labute approximate surface area is 118 Å². The third-order valence-electron chi connectivity index (χ3n) is 3.50. The van der Waals surface area contributed by atoms with Crippen LogP contribution in [0.1, 0.15) is 28.8 Å². The Kier molecular flexibility index (Phi) is 5.10. The van der Waals surface area contributed by atoms with E-state index in [4.69, 9.17) is 9.84 Å². The van der Waals surface area contributed by atoms with E-state index in [1.807, 2.05) is 6.07 Å². The third-order valence-corrected chi connectivity index (χ3v) is 3.50. The third kappa shape index (κ3) is 3.35. The maximum absolute atomic E-state index is 10.7. The molecule has 1 aromatic carbocycles. The van der Waals surface area contributed by atoms with Crippen molar-refractivity contribution >= 4 is 12.0 Å². The van der Waals surface area contributed by atoms with Gasteiger partial charge in [-0.2, -0.15) is 5.26 Å². The summed E-state index contributed by atoms with van der Waals surface area (Å²) in [5.74, 6) is 0. The molecule has 1 aliphatic rings. The normalized spacial score (nSPS) is 15.9. The zero-order valence-corrected chi connectivity index (χ0v) is 11.3. The molecular weight excluding hydrogens is 256 g/mol. The van der Waals surface area contributed by atoms with Crippen LogP contribution in [-0.2, 0) is 4.74 Å². The van der Waals surface area contributed by atoms with Gasteiger partial charge in [-0.25, -0.2) is 0 Å². The van der Waals surface area contributed by atoms with E-state index in [0.717, 1.165) is 37.9 Å². The number of carbonyl (C=O) groups is 1. The topological polar surface area (TPSA) is 73.6 Å². The summed E-state index contributed by atoms with van der Waals surface area (Å²) in [6.45, 7) is 2.05. The Hall–Kier alpha value is -1.90. The van der Waals surface area contributed by atoms with Gasteiger partial charge < -0.3 is 14.7 Å². The van der Waals surface area contributed by atoms with Crippen molar-refractivity contribution in [2.45, 2.75) is 18.9 Å². The highest BCUT2D eigenvalue weighted by atomic mass is 16.5. The first-order valence-electron chi connectivity index (χ1n) is 6.75. The molecule has 0 spiro atoms. The van der Waals surface area contributed by atoms with Crippen LogP contribution in [0, 0.1) is 11.3 Å². The molecule has 0 bridgehead atoms. The van der Waals surface area contributed by atoms with E-state index in [1.54, 1.807) is 12.1 Å². The number of nitriles is 1. The van der Waals surface area contributed by atoms with Gasteiger partial charge in [-0.1, -0.05) is 0 Å². The van der Waals surface area contributed by atoms with Crippen LogP contribution in [0.15, 0.2) is 18.2 Å². The zero-order valence-electron chi connectivity index (χ0n) is 11.3. The number of carbonyl (C=O) groups excluding carboxylic acids is 1. The van der Waals surface area contributed by atoms with Crippen molar-refractivity contribution in [2.24, 2.45) is 0 Å². The molecule has 106 valence electrons. The highest BCUT2D eigenvalue weighted by Crippen LogP contribution is 2.25. The number of ether oxygens (including phenoxy) is 1. The van der Waals surface area contributed by atoms with E-state index >= 15 is 0 Å². The van der Waals surface area contributed by atoms with Gasteiger partial charge in [-0.15, -0.1) is 0 Å². The number of aldehydes is 1. The number of piperidine rings is 1. The standard InChI is InChI=1S/C15H18N2O3/c16-10-13-9-12(11-19)1-2-15(13)17-5-3-14(4-6-17)20-8-7-18/h1-2,9,11,14,18H,3-8H2. The number of hydrogen-bond donors (Lipinski definition) is 1. The summed E-state index contributed by atoms with van der Waals surface area (Å²) in [5.41, 5.74) is 1.93. The van der Waals surface area contributed by atoms with Crippen molar-refractivity contribution in [1.82, 2.24) is 0 Å². The van der Waals surface area contributed by atoms with Crippen molar-refractivity contribution in [3.8, 4) is 6.07 Å². The average Bonchev–Trinajstić information content (AvgIpc) is 2.52. The molecule has 0 saturated carbocycles. The summed E-state index contributed by atoms with van der Waals surface area (Å²) < 4.78 is 5.52. The fourth-order valence-corrected chi connectivity index (χ4v) is 2.48. The van der Waals surface area contributed by atoms with E-state index in [9.17, 15) is 10.1 Å². The number of benzene rings is 1. The van der Waals surface area contributed by atoms with Crippen LogP contribution < -0.4 is 4.90 Å². The predicted molar refractivity (Wildman–Crippen MR) is 74.8 cm³/mol. The molecule has 1 N–H and O–H groups in total. The second kappa shape index (κ2) is 7.04. The highest BCUT2D eigenvalue weighted by Gasteiger charge is 2.21. The van der Waals surface area contributed by atoms with Gasteiger partial charge in [-0.3, -0.25) is 4.79 Å². The van der Waals surface area contributed by atoms with Gasteiger partial charge in [0.05, 0.1) is 30.6 Å². The molecule has 1 heterocycles. The number of aliphatic hydroxyl groups excluding tert-OH is 1. The van der Waals surface area contributed by atoms with E-state index in [1.165, 1.54) is 0 Å². The summed E-state index contributed by atoms with van der Waals surface area (Å²) in [6.07, 6.45) is 2.68. The van der Waals surface area contributed by atoms with Gasteiger partial charge >= 0.3 is 0 Å². The molecule has 0 atom stereocenters. The second-order valence-electron chi connectivity index (χ2n) is 4.79. The summed E-state index contributed by atoms with van der Waals surface area (Å²) in [7, 11) is 0. The summed E-state index contributed by atoms with van der Waals surface area (Å²) >= 11 is 0. The van der Waals surface area contributed by atoms with E-state index in [2.05, 4.69) is 11.0 Å². The maximum atomic E-state index is 10.7. The van der Waals surface area contributed by atoms with Crippen LogP contribution >= 0.6 is 0 Å². The first-order valence-corrected chi connectivity index (χ1v) is 6.75. The van der Waals surface area contributed by atoms with Crippen LogP contribution in [0.25, 0.3) is 0 Å². The van der Waals surface area contributed by atoms with Crippen molar-refractivity contribution < 1.29 is 14.6 Å². The molecule has 1 fully saturated rings. The minimum Gasteiger partial charge on any atom is -0.394 e. The lowest BCUT2D eigenvalue weighted by Gasteiger charge is -2.34. The first kappa shape index (κ1) is 14.5. The fraction of sp³-hybridized carbons (Fsp3) is 0.467. The molecule has 0 amide bonds. The minimum absolute atomic E-state index is 0.0476. The minimum atomic E-state index is 0.0476. The average molecular weight is 274 g/mol. The van der Waals surface area contributed by atoms with Gasteiger partial charge in [0.2, 0.25) is 0 Å². The number of nitrogens with zero attached hydrogens (tertiary/aromatic N) is 2. The number of aliphatic hydroxyl groups is 1. The number of anilines is 1. The molecule has 1 aliphatic heterocycles. The number of rotatable bonds is 5. The molecule has 2 rings (SSSR count). The Bertz CT molecular complexity index is 502. The zero-order chi connectivity index (χ0) is 14.4. The maximum Gasteiger partial charge on any atom is 0.150 e.